The maximum absolute atomic E-state index is 13.2. The van der Waals surface area contributed by atoms with Crippen molar-refractivity contribution in [2.45, 2.75) is 20.3 Å². The molecule has 0 aliphatic rings. The number of rotatable bonds is 8. The molecule has 0 aromatic heterocycles. The molecule has 0 bridgehead atoms. The number of halogens is 1. The number of carbonyl (C=O) groups excluding carboxylic acids is 1. The smallest absolute Gasteiger partial charge is 0.254 e. The van der Waals surface area contributed by atoms with Crippen LogP contribution in [0.4, 0.5) is 4.39 Å². The lowest BCUT2D eigenvalue weighted by molar-refractivity contribution is 0.0757. The molecule has 3 rings (SSSR count). The molecule has 0 fully saturated rings. The third kappa shape index (κ3) is 5.44. The molecule has 0 radical (unpaired) electrons. The highest BCUT2D eigenvalue weighted by Crippen LogP contribution is 2.25. The molecule has 150 valence electrons. The predicted molar refractivity (Wildman–Crippen MR) is 115 cm³/mol. The van der Waals surface area contributed by atoms with Crippen LogP contribution in [0, 0.1) is 12.7 Å². The minimum absolute atomic E-state index is 0.0198. The Morgan fingerprint density at radius 2 is 1.76 bits per heavy atom. The van der Waals surface area contributed by atoms with Gasteiger partial charge in [0.1, 0.15) is 11.6 Å². The van der Waals surface area contributed by atoms with Gasteiger partial charge in [0.05, 0.1) is 6.61 Å². The third-order valence-electron chi connectivity index (χ3n) is 4.81. The second-order valence-electron chi connectivity index (χ2n) is 6.96. The molecule has 3 aromatic rings. The molecule has 0 saturated carbocycles. The lowest BCUT2D eigenvalue weighted by Gasteiger charge is -2.22. The van der Waals surface area contributed by atoms with Gasteiger partial charge in [0.15, 0.2) is 0 Å². The summed E-state index contributed by atoms with van der Waals surface area (Å²) in [5.41, 5.74) is 3.86. The zero-order valence-corrected chi connectivity index (χ0v) is 16.9. The van der Waals surface area contributed by atoms with Gasteiger partial charge < -0.3 is 9.64 Å². The molecular formula is C25H26FNO2. The van der Waals surface area contributed by atoms with Crippen molar-refractivity contribution in [3.05, 3.63) is 89.7 Å². The van der Waals surface area contributed by atoms with Crippen molar-refractivity contribution in [1.29, 1.82) is 0 Å². The van der Waals surface area contributed by atoms with E-state index in [0.717, 1.165) is 16.7 Å². The molecule has 0 atom stereocenters. The third-order valence-corrected chi connectivity index (χ3v) is 4.81. The quantitative estimate of drug-likeness (QED) is 0.459. The van der Waals surface area contributed by atoms with Crippen molar-refractivity contribution < 1.29 is 13.9 Å². The highest BCUT2D eigenvalue weighted by Gasteiger charge is 2.18. The first kappa shape index (κ1) is 20.6. The lowest BCUT2D eigenvalue weighted by Crippen LogP contribution is -2.32. The molecule has 0 unspecified atom stereocenters. The Hall–Kier alpha value is -3.14. The topological polar surface area (TPSA) is 29.5 Å². The average Bonchev–Trinajstić information content (AvgIpc) is 2.75. The van der Waals surface area contributed by atoms with Gasteiger partial charge >= 0.3 is 0 Å². The van der Waals surface area contributed by atoms with Crippen molar-refractivity contribution >= 4 is 5.91 Å². The highest BCUT2D eigenvalue weighted by molar-refractivity contribution is 6.00. The first-order valence-electron chi connectivity index (χ1n) is 9.92. The van der Waals surface area contributed by atoms with E-state index in [1.54, 1.807) is 12.1 Å². The lowest BCUT2D eigenvalue weighted by atomic mass is 9.97. The van der Waals surface area contributed by atoms with Crippen molar-refractivity contribution in [2.75, 3.05) is 19.7 Å². The zero-order valence-electron chi connectivity index (χ0n) is 16.9. The van der Waals surface area contributed by atoms with Crippen molar-refractivity contribution in [1.82, 2.24) is 4.90 Å². The molecule has 29 heavy (non-hydrogen) atoms. The van der Waals surface area contributed by atoms with Crippen molar-refractivity contribution in [3.63, 3.8) is 0 Å². The van der Waals surface area contributed by atoms with Crippen LogP contribution in [0.5, 0.6) is 5.75 Å². The summed E-state index contributed by atoms with van der Waals surface area (Å²) in [6.07, 6.45) is 0.698. The fraction of sp³-hybridized carbons (Fsp3) is 0.240. The summed E-state index contributed by atoms with van der Waals surface area (Å²) < 4.78 is 18.6. The number of amides is 1. The first-order valence-corrected chi connectivity index (χ1v) is 9.92. The molecule has 0 saturated heterocycles. The number of ether oxygens (including phenoxy) is 1. The van der Waals surface area contributed by atoms with Gasteiger partial charge in [0.2, 0.25) is 0 Å². The van der Waals surface area contributed by atoms with Crippen LogP contribution in [-0.4, -0.2) is 30.5 Å². The molecule has 4 heteroatoms. The second kappa shape index (κ2) is 9.87. The van der Waals surface area contributed by atoms with Crippen LogP contribution in [0.2, 0.25) is 0 Å². The van der Waals surface area contributed by atoms with Crippen LogP contribution in [-0.2, 0) is 0 Å². The van der Waals surface area contributed by atoms with Gasteiger partial charge in [-0.3, -0.25) is 4.79 Å². The van der Waals surface area contributed by atoms with E-state index in [2.05, 4.69) is 6.07 Å². The van der Waals surface area contributed by atoms with Crippen LogP contribution < -0.4 is 4.74 Å². The Balaban J connectivity index is 1.66. The first-order chi connectivity index (χ1) is 14.1. The maximum atomic E-state index is 13.2. The summed E-state index contributed by atoms with van der Waals surface area (Å²) in [6, 6.07) is 21.9. The number of hydrogen-bond acceptors (Lipinski definition) is 2. The predicted octanol–water partition coefficient (Wildman–Crippen LogP) is 5.73. The molecule has 0 heterocycles. The molecule has 0 N–H and O–H groups in total. The largest absolute Gasteiger partial charge is 0.494 e. The SMILES string of the molecule is CCN(CCCOc1ccc(F)cc1)C(=O)c1ccccc1-c1cccc(C)c1. The summed E-state index contributed by atoms with van der Waals surface area (Å²) in [5, 5.41) is 0. The van der Waals surface area contributed by atoms with Crippen LogP contribution in [0.15, 0.2) is 72.8 Å². The summed E-state index contributed by atoms with van der Waals surface area (Å²) >= 11 is 0. The van der Waals surface area contributed by atoms with E-state index < -0.39 is 0 Å². The highest BCUT2D eigenvalue weighted by atomic mass is 19.1. The van der Waals surface area contributed by atoms with Crippen molar-refractivity contribution in [3.8, 4) is 16.9 Å². The Labute approximate surface area is 171 Å². The van der Waals surface area contributed by atoms with Gasteiger partial charge in [-0.2, -0.15) is 0 Å². The van der Waals surface area contributed by atoms with E-state index in [9.17, 15) is 9.18 Å². The van der Waals surface area contributed by atoms with Gasteiger partial charge in [-0.15, -0.1) is 0 Å². The minimum atomic E-state index is -0.285. The summed E-state index contributed by atoms with van der Waals surface area (Å²) in [6.45, 7) is 5.71. The number of nitrogens with zero attached hydrogens (tertiary/aromatic N) is 1. The van der Waals surface area contributed by atoms with Gasteiger partial charge in [-0.05, 0) is 61.7 Å². The van der Waals surface area contributed by atoms with E-state index in [1.165, 1.54) is 12.1 Å². The molecule has 0 spiro atoms. The zero-order chi connectivity index (χ0) is 20.6. The van der Waals surface area contributed by atoms with Gasteiger partial charge in [0, 0.05) is 18.7 Å². The normalized spacial score (nSPS) is 10.6. The van der Waals surface area contributed by atoms with Gasteiger partial charge in [0.25, 0.3) is 5.91 Å². The second-order valence-corrected chi connectivity index (χ2v) is 6.96. The van der Waals surface area contributed by atoms with Crippen LogP contribution in [0.1, 0.15) is 29.3 Å². The Kier molecular flexibility index (Phi) is 7.01. The Morgan fingerprint density at radius 3 is 2.48 bits per heavy atom. The summed E-state index contributed by atoms with van der Waals surface area (Å²) in [4.78, 5) is 15.0. The molecule has 3 nitrogen and oxygen atoms in total. The Morgan fingerprint density at radius 1 is 1.00 bits per heavy atom. The van der Waals surface area contributed by atoms with Crippen LogP contribution in [0.25, 0.3) is 11.1 Å². The molecular weight excluding hydrogens is 365 g/mol. The number of carbonyl (C=O) groups is 1. The summed E-state index contributed by atoms with van der Waals surface area (Å²) in [7, 11) is 0. The molecule has 3 aromatic carbocycles. The molecule has 0 aliphatic carbocycles. The van der Waals surface area contributed by atoms with Crippen molar-refractivity contribution in [2.24, 2.45) is 0 Å². The molecule has 1 amide bonds. The summed E-state index contributed by atoms with van der Waals surface area (Å²) in [5.74, 6) is 0.365. The number of hydrogen-bond donors (Lipinski definition) is 0. The van der Waals surface area contributed by atoms with Crippen LogP contribution >= 0.6 is 0 Å². The average molecular weight is 391 g/mol. The van der Waals surface area contributed by atoms with E-state index in [0.29, 0.717) is 37.4 Å². The molecule has 0 aliphatic heterocycles. The fourth-order valence-corrected chi connectivity index (χ4v) is 3.28. The monoisotopic (exact) mass is 391 g/mol. The van der Waals surface area contributed by atoms with Gasteiger partial charge in [-0.1, -0.05) is 48.0 Å². The van der Waals surface area contributed by atoms with E-state index in [1.807, 2.05) is 61.2 Å². The van der Waals surface area contributed by atoms with E-state index in [4.69, 9.17) is 4.74 Å². The van der Waals surface area contributed by atoms with Gasteiger partial charge in [-0.25, -0.2) is 4.39 Å². The van der Waals surface area contributed by atoms with Crippen LogP contribution in [0.3, 0.4) is 0 Å². The minimum Gasteiger partial charge on any atom is -0.494 e. The number of benzene rings is 3. The Bertz CT molecular complexity index is 953. The fourth-order valence-electron chi connectivity index (χ4n) is 3.28. The van der Waals surface area contributed by atoms with E-state index in [-0.39, 0.29) is 11.7 Å². The standard InChI is InChI=1S/C25H26FNO2/c1-3-27(16-7-17-29-22-14-12-21(26)13-15-22)25(28)24-11-5-4-10-23(24)20-9-6-8-19(2)18-20/h4-6,8-15,18H,3,7,16-17H2,1-2H3. The number of aryl methyl sites for hydroxylation is 1. The van der Waals surface area contributed by atoms with E-state index >= 15 is 0 Å². The maximum Gasteiger partial charge on any atom is 0.254 e.